The summed E-state index contributed by atoms with van der Waals surface area (Å²) in [5, 5.41) is 0. The average molecular weight is 464 g/mol. The molecule has 0 bridgehead atoms. The van der Waals surface area contributed by atoms with E-state index < -0.39 is 0 Å². The van der Waals surface area contributed by atoms with Crippen molar-refractivity contribution in [2.45, 2.75) is 26.3 Å². The lowest BCUT2D eigenvalue weighted by Gasteiger charge is -2.34. The van der Waals surface area contributed by atoms with Crippen LogP contribution in [0.1, 0.15) is 24.8 Å². The van der Waals surface area contributed by atoms with Gasteiger partial charge in [-0.1, -0.05) is 6.07 Å². The molecular weight excluding hydrogens is 434 g/mol. The molecule has 1 aromatic heterocycles. The molecule has 8 nitrogen and oxygen atoms in total. The predicted molar refractivity (Wildman–Crippen MR) is 126 cm³/mol. The molecule has 0 unspecified atom stereocenters. The lowest BCUT2D eigenvalue weighted by molar-refractivity contribution is -0.133. The Bertz CT molecular complexity index is 1120. The summed E-state index contributed by atoms with van der Waals surface area (Å²) in [5.74, 6) is 3.86. The van der Waals surface area contributed by atoms with Gasteiger partial charge >= 0.3 is 0 Å². The van der Waals surface area contributed by atoms with Crippen molar-refractivity contribution in [3.8, 4) is 28.6 Å². The molecule has 178 valence electrons. The second-order valence-corrected chi connectivity index (χ2v) is 8.42. The molecule has 0 spiro atoms. The summed E-state index contributed by atoms with van der Waals surface area (Å²) in [6.07, 6.45) is 2.60. The standard InChI is InChI=1S/C26H29N3O5/c1-2-31-21-6-4-20(5-7-21)24-16-27-25(34-24)9-10-26(30)29-13-11-28(12-14-29)17-19-3-8-22-23(15-19)33-18-32-22/h3-8,15-16H,2,9-14,17-18H2,1H3. The number of hydrogen-bond acceptors (Lipinski definition) is 7. The fourth-order valence-corrected chi connectivity index (χ4v) is 4.27. The first kappa shape index (κ1) is 22.3. The van der Waals surface area contributed by atoms with Gasteiger partial charge in [0.05, 0.1) is 12.8 Å². The fraction of sp³-hybridized carbons (Fsp3) is 0.385. The number of piperazine rings is 1. The summed E-state index contributed by atoms with van der Waals surface area (Å²) in [4.78, 5) is 21.4. The average Bonchev–Trinajstić information content (AvgIpc) is 3.53. The van der Waals surface area contributed by atoms with Crippen molar-refractivity contribution < 1.29 is 23.4 Å². The Hall–Kier alpha value is -3.52. The molecule has 1 saturated heterocycles. The van der Waals surface area contributed by atoms with Crippen LogP contribution in [0.25, 0.3) is 11.3 Å². The van der Waals surface area contributed by atoms with Crippen LogP contribution in [0, 0.1) is 0 Å². The van der Waals surface area contributed by atoms with Crippen LogP contribution in [-0.2, 0) is 17.8 Å². The van der Waals surface area contributed by atoms with Crippen molar-refractivity contribution in [1.82, 2.24) is 14.8 Å². The van der Waals surface area contributed by atoms with E-state index in [1.54, 1.807) is 6.20 Å². The Morgan fingerprint density at radius 1 is 1.03 bits per heavy atom. The molecule has 2 aliphatic heterocycles. The van der Waals surface area contributed by atoms with Crippen LogP contribution in [-0.4, -0.2) is 60.3 Å². The third kappa shape index (κ3) is 5.17. The van der Waals surface area contributed by atoms with E-state index in [9.17, 15) is 4.79 Å². The Kier molecular flexibility index (Phi) is 6.67. The van der Waals surface area contributed by atoms with Crippen LogP contribution >= 0.6 is 0 Å². The van der Waals surface area contributed by atoms with Crippen molar-refractivity contribution in [2.24, 2.45) is 0 Å². The van der Waals surface area contributed by atoms with E-state index >= 15 is 0 Å². The summed E-state index contributed by atoms with van der Waals surface area (Å²) < 4.78 is 22.2. The van der Waals surface area contributed by atoms with Gasteiger partial charge in [-0.2, -0.15) is 0 Å². The van der Waals surface area contributed by atoms with Gasteiger partial charge in [0.15, 0.2) is 23.1 Å². The molecule has 3 heterocycles. The minimum Gasteiger partial charge on any atom is -0.494 e. The fourth-order valence-electron chi connectivity index (χ4n) is 4.27. The molecule has 2 aromatic carbocycles. The molecule has 0 radical (unpaired) electrons. The Balaban J connectivity index is 1.07. The summed E-state index contributed by atoms with van der Waals surface area (Å²) in [6, 6.07) is 13.8. The first-order valence-corrected chi connectivity index (χ1v) is 11.7. The van der Waals surface area contributed by atoms with E-state index in [1.807, 2.05) is 48.2 Å². The van der Waals surface area contributed by atoms with Gasteiger partial charge in [-0.3, -0.25) is 9.69 Å². The number of carbonyl (C=O) groups is 1. The Labute approximate surface area is 199 Å². The van der Waals surface area contributed by atoms with E-state index in [-0.39, 0.29) is 12.7 Å². The van der Waals surface area contributed by atoms with Crippen LogP contribution in [0.15, 0.2) is 53.1 Å². The van der Waals surface area contributed by atoms with Gasteiger partial charge in [-0.25, -0.2) is 4.98 Å². The van der Waals surface area contributed by atoms with Crippen LogP contribution in [0.5, 0.6) is 17.2 Å². The molecular formula is C26H29N3O5. The van der Waals surface area contributed by atoms with Gasteiger partial charge in [0.25, 0.3) is 0 Å². The van der Waals surface area contributed by atoms with Gasteiger partial charge in [0, 0.05) is 51.1 Å². The highest BCUT2D eigenvalue weighted by Crippen LogP contribution is 2.33. The van der Waals surface area contributed by atoms with E-state index in [0.29, 0.717) is 31.1 Å². The molecule has 0 saturated carbocycles. The topological polar surface area (TPSA) is 77.3 Å². The normalized spacial score (nSPS) is 15.5. The van der Waals surface area contributed by atoms with Crippen molar-refractivity contribution in [1.29, 1.82) is 0 Å². The lowest BCUT2D eigenvalue weighted by atomic mass is 10.1. The maximum atomic E-state index is 12.7. The molecule has 34 heavy (non-hydrogen) atoms. The number of amides is 1. The molecule has 2 aliphatic rings. The van der Waals surface area contributed by atoms with E-state index in [4.69, 9.17) is 18.6 Å². The number of rotatable bonds is 8. The van der Waals surface area contributed by atoms with Gasteiger partial charge in [0.1, 0.15) is 5.75 Å². The summed E-state index contributed by atoms with van der Waals surface area (Å²) >= 11 is 0. The number of benzene rings is 2. The third-order valence-electron chi connectivity index (χ3n) is 6.12. The SMILES string of the molecule is CCOc1ccc(-c2cnc(CCC(=O)N3CCN(Cc4ccc5c(c4)OCO5)CC3)o2)cc1. The number of oxazole rings is 1. The highest BCUT2D eigenvalue weighted by atomic mass is 16.7. The van der Waals surface area contributed by atoms with Gasteiger partial charge in [0.2, 0.25) is 12.7 Å². The van der Waals surface area contributed by atoms with E-state index in [1.165, 1.54) is 5.56 Å². The van der Waals surface area contributed by atoms with Crippen LogP contribution in [0.4, 0.5) is 0 Å². The number of fused-ring (bicyclic) bond motifs is 1. The third-order valence-corrected chi connectivity index (χ3v) is 6.12. The number of nitrogens with zero attached hydrogens (tertiary/aromatic N) is 3. The lowest BCUT2D eigenvalue weighted by Crippen LogP contribution is -2.48. The van der Waals surface area contributed by atoms with Crippen LogP contribution < -0.4 is 14.2 Å². The summed E-state index contributed by atoms with van der Waals surface area (Å²) in [5.41, 5.74) is 2.13. The number of hydrogen-bond donors (Lipinski definition) is 0. The Morgan fingerprint density at radius 3 is 2.62 bits per heavy atom. The van der Waals surface area contributed by atoms with Crippen molar-refractivity contribution in [3.05, 3.63) is 60.1 Å². The highest BCUT2D eigenvalue weighted by Gasteiger charge is 2.22. The molecule has 1 amide bonds. The quantitative estimate of drug-likeness (QED) is 0.504. The zero-order valence-electron chi connectivity index (χ0n) is 19.4. The van der Waals surface area contributed by atoms with Gasteiger partial charge < -0.3 is 23.5 Å². The second kappa shape index (κ2) is 10.2. The van der Waals surface area contributed by atoms with Gasteiger partial charge in [-0.05, 0) is 48.9 Å². The molecule has 1 fully saturated rings. The van der Waals surface area contributed by atoms with Crippen LogP contribution in [0.2, 0.25) is 0 Å². The maximum Gasteiger partial charge on any atom is 0.231 e. The molecule has 0 N–H and O–H groups in total. The first-order chi connectivity index (χ1) is 16.7. The van der Waals surface area contributed by atoms with Crippen molar-refractivity contribution >= 4 is 5.91 Å². The minimum atomic E-state index is 0.142. The van der Waals surface area contributed by atoms with Crippen molar-refractivity contribution in [2.75, 3.05) is 39.6 Å². The van der Waals surface area contributed by atoms with E-state index in [2.05, 4.69) is 16.0 Å². The summed E-state index contributed by atoms with van der Waals surface area (Å²) in [7, 11) is 0. The monoisotopic (exact) mass is 463 g/mol. The second-order valence-electron chi connectivity index (χ2n) is 8.42. The molecule has 8 heteroatoms. The van der Waals surface area contributed by atoms with E-state index in [0.717, 1.165) is 55.5 Å². The molecule has 3 aromatic rings. The maximum absolute atomic E-state index is 12.7. The first-order valence-electron chi connectivity index (χ1n) is 11.7. The zero-order valence-corrected chi connectivity index (χ0v) is 19.4. The van der Waals surface area contributed by atoms with Crippen molar-refractivity contribution in [3.63, 3.8) is 0 Å². The number of aromatic nitrogens is 1. The molecule has 5 rings (SSSR count). The number of carbonyl (C=O) groups excluding carboxylic acids is 1. The number of ether oxygens (including phenoxy) is 3. The minimum absolute atomic E-state index is 0.142. The molecule has 0 aliphatic carbocycles. The molecule has 0 atom stereocenters. The van der Waals surface area contributed by atoms with Gasteiger partial charge in [-0.15, -0.1) is 0 Å². The number of aryl methyl sites for hydroxylation is 1. The highest BCUT2D eigenvalue weighted by molar-refractivity contribution is 5.76. The largest absolute Gasteiger partial charge is 0.494 e. The predicted octanol–water partition coefficient (Wildman–Crippen LogP) is 3.75. The Morgan fingerprint density at radius 2 is 1.82 bits per heavy atom. The van der Waals surface area contributed by atoms with Crippen LogP contribution in [0.3, 0.4) is 0 Å². The summed E-state index contributed by atoms with van der Waals surface area (Å²) in [6.45, 7) is 6.87. The zero-order chi connectivity index (χ0) is 23.3. The smallest absolute Gasteiger partial charge is 0.231 e.